The number of carbonyl (C=O) groups is 2. The lowest BCUT2D eigenvalue weighted by molar-refractivity contribution is -0.146. The van der Waals surface area contributed by atoms with Crippen molar-refractivity contribution in [3.63, 3.8) is 0 Å². The first kappa shape index (κ1) is 16.6. The van der Waals surface area contributed by atoms with E-state index in [9.17, 15) is 18.0 Å². The van der Waals surface area contributed by atoms with Crippen molar-refractivity contribution in [2.75, 3.05) is 13.1 Å². The van der Waals surface area contributed by atoms with Gasteiger partial charge in [-0.2, -0.15) is 0 Å². The fourth-order valence-electron chi connectivity index (χ4n) is 1.11. The molecule has 1 aromatic rings. The first-order chi connectivity index (χ1) is 9.15. The molecule has 112 valence electrons. The summed E-state index contributed by atoms with van der Waals surface area (Å²) in [5.41, 5.74) is -1.11. The van der Waals surface area contributed by atoms with Gasteiger partial charge in [-0.05, 0) is 25.3 Å². The summed E-state index contributed by atoms with van der Waals surface area (Å²) in [7, 11) is -3.69. The first-order valence-corrected chi connectivity index (χ1v) is 8.05. The van der Waals surface area contributed by atoms with Crippen LogP contribution < -0.4 is 10.0 Å². The molecule has 0 aliphatic carbocycles. The monoisotopic (exact) mass is 320 g/mol. The molecular formula is C11H16N2O5S2. The SMILES string of the molecule is CC(C)(CNC(=O)CNS(=O)(=O)c1cccs1)C(=O)O. The summed E-state index contributed by atoms with van der Waals surface area (Å²) in [6, 6.07) is 3.02. The molecule has 0 unspecified atom stereocenters. The number of aliphatic carboxylic acids is 1. The second-order valence-electron chi connectivity index (χ2n) is 4.72. The van der Waals surface area contributed by atoms with Crippen LogP contribution in [-0.4, -0.2) is 38.5 Å². The average molecular weight is 320 g/mol. The third kappa shape index (κ3) is 4.58. The van der Waals surface area contributed by atoms with Crippen LogP contribution in [0.25, 0.3) is 0 Å². The average Bonchev–Trinajstić information content (AvgIpc) is 2.88. The minimum atomic E-state index is -3.69. The lowest BCUT2D eigenvalue weighted by atomic mass is 9.94. The normalized spacial score (nSPS) is 12.1. The summed E-state index contributed by atoms with van der Waals surface area (Å²) < 4.78 is 25.7. The summed E-state index contributed by atoms with van der Waals surface area (Å²) in [4.78, 5) is 22.3. The molecule has 0 atom stereocenters. The van der Waals surface area contributed by atoms with E-state index < -0.39 is 33.9 Å². The fraction of sp³-hybridized carbons (Fsp3) is 0.455. The van der Waals surface area contributed by atoms with Gasteiger partial charge in [-0.3, -0.25) is 9.59 Å². The Morgan fingerprint density at radius 3 is 2.55 bits per heavy atom. The Labute approximate surface area is 121 Å². The number of rotatable bonds is 7. The molecule has 0 spiro atoms. The van der Waals surface area contributed by atoms with E-state index in [1.54, 1.807) is 11.4 Å². The van der Waals surface area contributed by atoms with E-state index in [0.717, 1.165) is 11.3 Å². The van der Waals surface area contributed by atoms with Crippen molar-refractivity contribution < 1.29 is 23.1 Å². The van der Waals surface area contributed by atoms with Gasteiger partial charge in [0, 0.05) is 6.54 Å². The van der Waals surface area contributed by atoms with E-state index in [2.05, 4.69) is 10.0 Å². The molecule has 7 nitrogen and oxygen atoms in total. The lowest BCUT2D eigenvalue weighted by Gasteiger charge is -2.19. The summed E-state index contributed by atoms with van der Waals surface area (Å²) >= 11 is 1.04. The van der Waals surface area contributed by atoms with Crippen LogP contribution in [0.5, 0.6) is 0 Å². The number of nitrogens with one attached hydrogen (secondary N) is 2. The number of carbonyl (C=O) groups excluding carboxylic acids is 1. The van der Waals surface area contributed by atoms with Gasteiger partial charge >= 0.3 is 5.97 Å². The topological polar surface area (TPSA) is 113 Å². The Balaban J connectivity index is 2.47. The van der Waals surface area contributed by atoms with Gasteiger partial charge in [-0.25, -0.2) is 13.1 Å². The van der Waals surface area contributed by atoms with Gasteiger partial charge in [-0.15, -0.1) is 11.3 Å². The van der Waals surface area contributed by atoms with Crippen LogP contribution in [0.15, 0.2) is 21.7 Å². The Bertz CT molecular complexity index is 578. The van der Waals surface area contributed by atoms with Gasteiger partial charge in [0.25, 0.3) is 10.0 Å². The highest BCUT2D eigenvalue weighted by molar-refractivity contribution is 7.91. The highest BCUT2D eigenvalue weighted by atomic mass is 32.2. The smallest absolute Gasteiger partial charge is 0.310 e. The minimum Gasteiger partial charge on any atom is -0.481 e. The predicted octanol–water partition coefficient (Wildman–Crippen LogP) is 0.253. The maximum absolute atomic E-state index is 11.7. The second kappa shape index (κ2) is 6.33. The predicted molar refractivity (Wildman–Crippen MR) is 73.9 cm³/mol. The van der Waals surface area contributed by atoms with Crippen molar-refractivity contribution in [1.82, 2.24) is 10.0 Å². The Morgan fingerprint density at radius 1 is 1.40 bits per heavy atom. The van der Waals surface area contributed by atoms with E-state index in [1.165, 1.54) is 19.9 Å². The van der Waals surface area contributed by atoms with Gasteiger partial charge < -0.3 is 10.4 Å². The minimum absolute atomic E-state index is 0.0815. The molecule has 0 aliphatic heterocycles. The molecular weight excluding hydrogens is 304 g/mol. The molecule has 9 heteroatoms. The fourth-order valence-corrected chi connectivity index (χ4v) is 3.13. The molecule has 1 amide bonds. The third-order valence-electron chi connectivity index (χ3n) is 2.49. The third-order valence-corrected chi connectivity index (χ3v) is 5.29. The molecule has 3 N–H and O–H groups in total. The van der Waals surface area contributed by atoms with Gasteiger partial charge in [0.15, 0.2) is 0 Å². The maximum atomic E-state index is 11.7. The van der Waals surface area contributed by atoms with Crippen molar-refractivity contribution in [2.45, 2.75) is 18.1 Å². The highest BCUT2D eigenvalue weighted by Gasteiger charge is 2.27. The number of sulfonamides is 1. The largest absolute Gasteiger partial charge is 0.481 e. The van der Waals surface area contributed by atoms with Crippen LogP contribution in [0.1, 0.15) is 13.8 Å². The van der Waals surface area contributed by atoms with Crippen molar-refractivity contribution in [3.8, 4) is 0 Å². The highest BCUT2D eigenvalue weighted by Crippen LogP contribution is 2.15. The first-order valence-electron chi connectivity index (χ1n) is 5.68. The Morgan fingerprint density at radius 2 is 2.05 bits per heavy atom. The summed E-state index contributed by atoms with van der Waals surface area (Å²) in [6.45, 7) is 2.41. The molecule has 1 rings (SSSR count). The number of carboxylic acid groups (broad SMARTS) is 1. The van der Waals surface area contributed by atoms with Crippen LogP contribution in [0.2, 0.25) is 0 Å². The molecule has 20 heavy (non-hydrogen) atoms. The van der Waals surface area contributed by atoms with Crippen molar-refractivity contribution >= 4 is 33.2 Å². The van der Waals surface area contributed by atoms with Gasteiger partial charge in [0.1, 0.15) is 4.21 Å². The van der Waals surface area contributed by atoms with E-state index in [4.69, 9.17) is 5.11 Å². The molecule has 0 saturated carbocycles. The van der Waals surface area contributed by atoms with E-state index >= 15 is 0 Å². The molecule has 0 saturated heterocycles. The van der Waals surface area contributed by atoms with Crippen LogP contribution in [0.3, 0.4) is 0 Å². The maximum Gasteiger partial charge on any atom is 0.310 e. The molecule has 0 aromatic carbocycles. The number of carboxylic acids is 1. The van der Waals surface area contributed by atoms with Crippen LogP contribution >= 0.6 is 11.3 Å². The van der Waals surface area contributed by atoms with E-state index in [-0.39, 0.29) is 10.8 Å². The quantitative estimate of drug-likeness (QED) is 0.667. The number of amides is 1. The van der Waals surface area contributed by atoms with Crippen LogP contribution in [0.4, 0.5) is 0 Å². The van der Waals surface area contributed by atoms with E-state index in [0.29, 0.717) is 0 Å². The number of thiophene rings is 1. The molecule has 0 fully saturated rings. The van der Waals surface area contributed by atoms with Gasteiger partial charge in [0.05, 0.1) is 12.0 Å². The Hall–Kier alpha value is -1.45. The van der Waals surface area contributed by atoms with Gasteiger partial charge in [0.2, 0.25) is 5.91 Å². The van der Waals surface area contributed by atoms with Crippen LogP contribution in [0, 0.1) is 5.41 Å². The summed E-state index contributed by atoms with van der Waals surface area (Å²) in [6.07, 6.45) is 0. The standard InChI is InChI=1S/C11H16N2O5S2/c1-11(2,10(15)16)7-12-8(14)6-13-20(17,18)9-4-3-5-19-9/h3-5,13H,6-7H2,1-2H3,(H,12,14)(H,15,16). The molecule has 1 heterocycles. The summed E-state index contributed by atoms with van der Waals surface area (Å²) in [5.74, 6) is -1.63. The zero-order valence-corrected chi connectivity index (χ0v) is 12.7. The number of hydrogen-bond acceptors (Lipinski definition) is 5. The van der Waals surface area contributed by atoms with Crippen molar-refractivity contribution in [3.05, 3.63) is 17.5 Å². The van der Waals surface area contributed by atoms with Crippen LogP contribution in [-0.2, 0) is 19.6 Å². The van der Waals surface area contributed by atoms with Crippen molar-refractivity contribution in [1.29, 1.82) is 0 Å². The van der Waals surface area contributed by atoms with Crippen molar-refractivity contribution in [2.24, 2.45) is 5.41 Å². The molecule has 0 radical (unpaired) electrons. The van der Waals surface area contributed by atoms with Gasteiger partial charge in [-0.1, -0.05) is 6.07 Å². The zero-order valence-electron chi connectivity index (χ0n) is 11.0. The lowest BCUT2D eigenvalue weighted by Crippen LogP contribution is -2.43. The number of hydrogen-bond donors (Lipinski definition) is 3. The molecule has 0 bridgehead atoms. The van der Waals surface area contributed by atoms with E-state index in [1.807, 2.05) is 0 Å². The molecule has 1 aromatic heterocycles. The zero-order chi connectivity index (χ0) is 15.4. The Kier molecular flexibility index (Phi) is 5.26. The summed E-state index contributed by atoms with van der Waals surface area (Å²) in [5, 5.41) is 12.9. The second-order valence-corrected chi connectivity index (χ2v) is 7.66. The molecule has 0 aliphatic rings.